The molecule has 32 heavy (non-hydrogen) atoms. The van der Waals surface area contributed by atoms with Crippen LogP contribution in [0.3, 0.4) is 0 Å². The zero-order valence-corrected chi connectivity index (χ0v) is 19.2. The third-order valence-electron chi connectivity index (χ3n) is 5.09. The first-order chi connectivity index (χ1) is 15.6. The molecule has 1 fully saturated rings. The first-order valence-corrected chi connectivity index (χ1v) is 11.6. The number of benzene rings is 2. The Morgan fingerprint density at radius 2 is 1.97 bits per heavy atom. The molecule has 4 rings (SSSR count). The summed E-state index contributed by atoms with van der Waals surface area (Å²) in [6, 6.07) is 15.8. The van der Waals surface area contributed by atoms with Gasteiger partial charge in [0, 0.05) is 54.8 Å². The highest BCUT2D eigenvalue weighted by molar-refractivity contribution is 7.07. The van der Waals surface area contributed by atoms with Crippen LogP contribution >= 0.6 is 11.5 Å². The lowest BCUT2D eigenvalue weighted by Crippen LogP contribution is -2.36. The summed E-state index contributed by atoms with van der Waals surface area (Å²) < 4.78 is 16.1. The van der Waals surface area contributed by atoms with Gasteiger partial charge >= 0.3 is 0 Å². The van der Waals surface area contributed by atoms with E-state index in [1.165, 1.54) is 11.5 Å². The van der Waals surface area contributed by atoms with E-state index in [9.17, 15) is 4.79 Å². The first-order valence-electron chi connectivity index (χ1n) is 10.8. The highest BCUT2D eigenvalue weighted by Crippen LogP contribution is 2.29. The Labute approximate surface area is 192 Å². The van der Waals surface area contributed by atoms with Gasteiger partial charge in [-0.25, -0.2) is 0 Å². The molecule has 1 N–H and O–H groups in total. The standard InChI is InChI=1S/C24H28N4O3S/c1-17(2)25-23(29)19-8-9-21(20(15-19)16-28-10-12-30-13-11-28)31-24-26-22(27-32-24)14-18-6-4-3-5-7-18/h3-9,15,17H,10-14,16H2,1-2H3,(H,25,29). The van der Waals surface area contributed by atoms with Crippen LogP contribution < -0.4 is 10.1 Å². The Balaban J connectivity index is 1.53. The molecule has 7 nitrogen and oxygen atoms in total. The molecule has 168 valence electrons. The van der Waals surface area contributed by atoms with Crippen LogP contribution in [0.1, 0.15) is 41.2 Å². The Morgan fingerprint density at radius 3 is 2.72 bits per heavy atom. The number of aromatic nitrogens is 2. The molecule has 0 unspecified atom stereocenters. The number of nitrogens with one attached hydrogen (secondary N) is 1. The van der Waals surface area contributed by atoms with Crippen LogP contribution in [0.15, 0.2) is 48.5 Å². The van der Waals surface area contributed by atoms with Crippen molar-refractivity contribution in [2.75, 3.05) is 26.3 Å². The minimum atomic E-state index is -0.0872. The van der Waals surface area contributed by atoms with Gasteiger partial charge in [0.25, 0.3) is 11.1 Å². The van der Waals surface area contributed by atoms with Crippen molar-refractivity contribution in [2.45, 2.75) is 32.9 Å². The number of rotatable bonds is 8. The average molecular weight is 453 g/mol. The van der Waals surface area contributed by atoms with Gasteiger partial charge in [0.2, 0.25) is 0 Å². The second-order valence-electron chi connectivity index (χ2n) is 8.08. The van der Waals surface area contributed by atoms with E-state index in [4.69, 9.17) is 9.47 Å². The van der Waals surface area contributed by atoms with Gasteiger partial charge in [-0.2, -0.15) is 9.36 Å². The lowest BCUT2D eigenvalue weighted by Gasteiger charge is -2.27. The van der Waals surface area contributed by atoms with Gasteiger partial charge in [0.15, 0.2) is 5.82 Å². The molecule has 1 saturated heterocycles. The monoisotopic (exact) mass is 452 g/mol. The molecule has 0 bridgehead atoms. The van der Waals surface area contributed by atoms with Gasteiger partial charge in [-0.15, -0.1) is 0 Å². The Hall–Kier alpha value is -2.81. The van der Waals surface area contributed by atoms with E-state index in [1.54, 1.807) is 6.07 Å². The van der Waals surface area contributed by atoms with E-state index in [-0.39, 0.29) is 11.9 Å². The lowest BCUT2D eigenvalue weighted by molar-refractivity contribution is 0.0339. The van der Waals surface area contributed by atoms with E-state index in [0.29, 0.717) is 42.7 Å². The molecule has 0 atom stereocenters. The van der Waals surface area contributed by atoms with Crippen molar-refractivity contribution in [1.82, 2.24) is 19.6 Å². The van der Waals surface area contributed by atoms with Crippen molar-refractivity contribution in [3.05, 3.63) is 71.0 Å². The van der Waals surface area contributed by atoms with Crippen LogP contribution in [0.25, 0.3) is 0 Å². The second-order valence-corrected chi connectivity index (χ2v) is 8.79. The molecule has 8 heteroatoms. The molecule has 2 heterocycles. The third-order valence-corrected chi connectivity index (χ3v) is 5.72. The maximum atomic E-state index is 12.5. The molecule has 1 amide bonds. The summed E-state index contributed by atoms with van der Waals surface area (Å²) in [5.74, 6) is 1.34. The summed E-state index contributed by atoms with van der Waals surface area (Å²) in [5, 5.41) is 3.45. The van der Waals surface area contributed by atoms with Crippen LogP contribution in [0.4, 0.5) is 0 Å². The summed E-state index contributed by atoms with van der Waals surface area (Å²) in [4.78, 5) is 19.4. The number of hydrogen-bond donors (Lipinski definition) is 1. The smallest absolute Gasteiger partial charge is 0.298 e. The molecular formula is C24H28N4O3S. The Kier molecular flexibility index (Phi) is 7.47. The van der Waals surface area contributed by atoms with E-state index < -0.39 is 0 Å². The molecule has 2 aromatic carbocycles. The highest BCUT2D eigenvalue weighted by Gasteiger charge is 2.18. The second kappa shape index (κ2) is 10.7. The largest absolute Gasteiger partial charge is 0.430 e. The predicted octanol–water partition coefficient (Wildman–Crippen LogP) is 3.89. The van der Waals surface area contributed by atoms with Crippen LogP contribution in [0, 0.1) is 0 Å². The van der Waals surface area contributed by atoms with Gasteiger partial charge in [0.05, 0.1) is 13.2 Å². The molecular weight excluding hydrogens is 424 g/mol. The van der Waals surface area contributed by atoms with Crippen molar-refractivity contribution in [3.63, 3.8) is 0 Å². The van der Waals surface area contributed by atoms with Gasteiger partial charge in [-0.05, 0) is 37.6 Å². The fraction of sp³-hybridized carbons (Fsp3) is 0.375. The van der Waals surface area contributed by atoms with E-state index in [2.05, 4.69) is 31.7 Å². The summed E-state index contributed by atoms with van der Waals surface area (Å²) in [6.07, 6.45) is 0.662. The number of carbonyl (C=O) groups is 1. The zero-order chi connectivity index (χ0) is 22.3. The van der Waals surface area contributed by atoms with Gasteiger partial charge in [-0.3, -0.25) is 9.69 Å². The number of morpholine rings is 1. The van der Waals surface area contributed by atoms with E-state index in [1.807, 2.05) is 44.2 Å². The van der Waals surface area contributed by atoms with Crippen molar-refractivity contribution in [2.24, 2.45) is 0 Å². The van der Waals surface area contributed by atoms with Crippen LogP contribution in [-0.2, 0) is 17.7 Å². The normalized spacial score (nSPS) is 14.5. The molecule has 0 saturated carbocycles. The highest BCUT2D eigenvalue weighted by atomic mass is 32.1. The molecule has 1 aliphatic rings. The topological polar surface area (TPSA) is 76.6 Å². The Bertz CT molecular complexity index is 1030. The molecule has 1 aromatic heterocycles. The van der Waals surface area contributed by atoms with E-state index >= 15 is 0 Å². The van der Waals surface area contributed by atoms with E-state index in [0.717, 1.165) is 30.0 Å². The SMILES string of the molecule is CC(C)NC(=O)c1ccc(Oc2nc(Cc3ccccc3)ns2)c(CN2CCOCC2)c1. The van der Waals surface area contributed by atoms with Crippen molar-refractivity contribution >= 4 is 17.4 Å². The van der Waals surface area contributed by atoms with Gasteiger partial charge < -0.3 is 14.8 Å². The summed E-state index contributed by atoms with van der Waals surface area (Å²) >= 11 is 1.24. The predicted molar refractivity (Wildman–Crippen MR) is 124 cm³/mol. The maximum Gasteiger partial charge on any atom is 0.298 e. The minimum absolute atomic E-state index is 0.0746. The number of amides is 1. The van der Waals surface area contributed by atoms with Crippen molar-refractivity contribution < 1.29 is 14.3 Å². The average Bonchev–Trinajstić information content (AvgIpc) is 3.22. The van der Waals surface area contributed by atoms with Crippen LogP contribution in [0.2, 0.25) is 0 Å². The Morgan fingerprint density at radius 1 is 1.19 bits per heavy atom. The number of nitrogens with zero attached hydrogens (tertiary/aromatic N) is 3. The maximum absolute atomic E-state index is 12.5. The number of ether oxygens (including phenoxy) is 2. The molecule has 0 radical (unpaired) electrons. The van der Waals surface area contributed by atoms with Crippen molar-refractivity contribution in [3.8, 4) is 10.9 Å². The summed E-state index contributed by atoms with van der Waals surface area (Å²) in [6.45, 7) is 7.70. The first kappa shape index (κ1) is 22.4. The lowest BCUT2D eigenvalue weighted by atomic mass is 10.1. The third kappa shape index (κ3) is 6.12. The zero-order valence-electron chi connectivity index (χ0n) is 18.4. The summed E-state index contributed by atoms with van der Waals surface area (Å²) in [5.41, 5.74) is 2.73. The van der Waals surface area contributed by atoms with Gasteiger partial charge in [-0.1, -0.05) is 30.3 Å². The summed E-state index contributed by atoms with van der Waals surface area (Å²) in [7, 11) is 0. The molecule has 0 spiro atoms. The van der Waals surface area contributed by atoms with Crippen LogP contribution in [-0.4, -0.2) is 52.5 Å². The quantitative estimate of drug-likeness (QED) is 0.559. The molecule has 1 aliphatic heterocycles. The number of carbonyl (C=O) groups excluding carboxylic acids is 1. The van der Waals surface area contributed by atoms with Crippen LogP contribution in [0.5, 0.6) is 10.9 Å². The minimum Gasteiger partial charge on any atom is -0.430 e. The molecule has 3 aromatic rings. The van der Waals surface area contributed by atoms with Gasteiger partial charge in [0.1, 0.15) is 5.75 Å². The fourth-order valence-corrected chi connectivity index (χ4v) is 4.08. The fourth-order valence-electron chi connectivity index (χ4n) is 3.51. The van der Waals surface area contributed by atoms with Crippen molar-refractivity contribution in [1.29, 1.82) is 0 Å². The molecule has 0 aliphatic carbocycles. The number of hydrogen-bond acceptors (Lipinski definition) is 7.